The highest BCUT2D eigenvalue weighted by atomic mass is 16.5. The number of aliphatic hydroxyl groups is 2. The molecule has 3 atom stereocenters. The molecule has 232 valence electrons. The topological polar surface area (TPSA) is 145 Å². The van der Waals surface area contributed by atoms with Crippen LogP contribution in [0.5, 0.6) is 17.2 Å². The molecular formula is C35H44O8. The summed E-state index contributed by atoms with van der Waals surface area (Å²) >= 11 is 0. The van der Waals surface area contributed by atoms with Crippen LogP contribution in [-0.2, 0) is 4.74 Å². The van der Waals surface area contributed by atoms with Gasteiger partial charge in [-0.25, -0.2) is 0 Å². The Morgan fingerprint density at radius 2 is 1.67 bits per heavy atom. The van der Waals surface area contributed by atoms with E-state index in [2.05, 4.69) is 18.2 Å². The fourth-order valence-electron chi connectivity index (χ4n) is 6.14. The molecule has 2 aromatic carbocycles. The molecular weight excluding hydrogens is 548 g/mol. The van der Waals surface area contributed by atoms with E-state index in [1.165, 1.54) is 18.6 Å². The predicted octanol–water partition coefficient (Wildman–Crippen LogP) is 6.40. The molecule has 8 nitrogen and oxygen atoms in total. The Bertz CT molecular complexity index is 1570. The first-order chi connectivity index (χ1) is 19.9. The van der Waals surface area contributed by atoms with Gasteiger partial charge in [-0.3, -0.25) is 9.59 Å². The summed E-state index contributed by atoms with van der Waals surface area (Å²) in [5.74, 6) is -3.15. The largest absolute Gasteiger partial charge is 0.507 e. The molecule has 0 saturated carbocycles. The van der Waals surface area contributed by atoms with Crippen molar-refractivity contribution in [2.24, 2.45) is 0 Å². The maximum absolute atomic E-state index is 13.6. The summed E-state index contributed by atoms with van der Waals surface area (Å²) < 4.78 is 6.10. The van der Waals surface area contributed by atoms with Crippen molar-refractivity contribution < 1.29 is 39.9 Å². The number of aryl methyl sites for hydroxylation is 1. The van der Waals surface area contributed by atoms with Crippen LogP contribution in [-0.4, -0.2) is 60.0 Å². The van der Waals surface area contributed by atoms with Crippen LogP contribution in [0.3, 0.4) is 0 Å². The number of carbonyl (C=O) groups is 2. The van der Waals surface area contributed by atoms with Crippen LogP contribution in [0.2, 0.25) is 0 Å². The van der Waals surface area contributed by atoms with E-state index in [0.29, 0.717) is 12.0 Å². The van der Waals surface area contributed by atoms with Crippen LogP contribution < -0.4 is 0 Å². The van der Waals surface area contributed by atoms with Crippen molar-refractivity contribution in [1.82, 2.24) is 0 Å². The van der Waals surface area contributed by atoms with Crippen LogP contribution in [0.1, 0.15) is 105 Å². The van der Waals surface area contributed by atoms with Crippen molar-refractivity contribution in [2.45, 2.75) is 110 Å². The molecule has 3 unspecified atom stereocenters. The SMILES string of the molecule is C/C(=C\CC/C(C)=C/CC1(O)C(=O)c2c(O)cc(C)c3c(O)c(C)c(O)c(c23)C1=O)C/C=C/C1(C)CCC(C(C)(C)O)O1. The molecule has 1 saturated heterocycles. The molecule has 1 heterocycles. The minimum Gasteiger partial charge on any atom is -0.507 e. The van der Waals surface area contributed by atoms with Gasteiger partial charge in [0.25, 0.3) is 0 Å². The van der Waals surface area contributed by atoms with Gasteiger partial charge >= 0.3 is 0 Å². The van der Waals surface area contributed by atoms with Gasteiger partial charge in [0.1, 0.15) is 17.2 Å². The van der Waals surface area contributed by atoms with Crippen molar-refractivity contribution in [3.63, 3.8) is 0 Å². The van der Waals surface area contributed by atoms with Gasteiger partial charge in [0, 0.05) is 22.8 Å². The van der Waals surface area contributed by atoms with Crippen LogP contribution in [0.4, 0.5) is 0 Å². The van der Waals surface area contributed by atoms with Gasteiger partial charge in [-0.15, -0.1) is 0 Å². The molecule has 43 heavy (non-hydrogen) atoms. The highest BCUT2D eigenvalue weighted by Gasteiger charge is 2.51. The smallest absolute Gasteiger partial charge is 0.207 e. The maximum atomic E-state index is 13.6. The van der Waals surface area contributed by atoms with E-state index in [0.717, 1.165) is 31.3 Å². The molecule has 0 radical (unpaired) electrons. The Morgan fingerprint density at radius 3 is 2.30 bits per heavy atom. The highest BCUT2D eigenvalue weighted by Crippen LogP contribution is 2.49. The van der Waals surface area contributed by atoms with E-state index in [1.54, 1.807) is 26.8 Å². The first-order valence-corrected chi connectivity index (χ1v) is 14.8. The quantitative estimate of drug-likeness (QED) is 0.166. The van der Waals surface area contributed by atoms with Crippen molar-refractivity contribution >= 4 is 22.3 Å². The van der Waals surface area contributed by atoms with Crippen LogP contribution >= 0.6 is 0 Å². The molecule has 5 N–H and O–H groups in total. The normalized spacial score (nSPS) is 25.0. The summed E-state index contributed by atoms with van der Waals surface area (Å²) in [5, 5.41) is 54.0. The number of ether oxygens (including phenoxy) is 1. The Morgan fingerprint density at radius 1 is 1.02 bits per heavy atom. The number of ketones is 2. The van der Waals surface area contributed by atoms with Crippen LogP contribution in [0.15, 0.2) is 41.5 Å². The molecule has 0 spiro atoms. The number of carbonyl (C=O) groups excluding carboxylic acids is 2. The molecule has 1 fully saturated rings. The average molecular weight is 593 g/mol. The van der Waals surface area contributed by atoms with Crippen molar-refractivity contribution in [2.75, 3.05) is 0 Å². The minimum absolute atomic E-state index is 0.0429. The van der Waals surface area contributed by atoms with Crippen molar-refractivity contribution in [3.8, 4) is 17.2 Å². The lowest BCUT2D eigenvalue weighted by atomic mass is 9.73. The Kier molecular flexibility index (Phi) is 8.73. The van der Waals surface area contributed by atoms with E-state index >= 15 is 0 Å². The lowest BCUT2D eigenvalue weighted by Gasteiger charge is -2.32. The number of Topliss-reactive ketones (excluding diaryl/α,β-unsaturated/α-hetero) is 2. The van der Waals surface area contributed by atoms with E-state index in [1.807, 2.05) is 20.8 Å². The third kappa shape index (κ3) is 6.01. The number of hydrogen-bond donors (Lipinski definition) is 5. The zero-order valence-corrected chi connectivity index (χ0v) is 26.2. The molecule has 1 aliphatic carbocycles. The molecule has 0 aromatic heterocycles. The third-order valence-corrected chi connectivity index (χ3v) is 8.93. The van der Waals surface area contributed by atoms with Gasteiger partial charge in [-0.1, -0.05) is 35.5 Å². The highest BCUT2D eigenvalue weighted by molar-refractivity contribution is 6.36. The first-order valence-electron chi connectivity index (χ1n) is 14.8. The number of phenolic OH excluding ortho intramolecular Hbond substituents is 3. The molecule has 8 heteroatoms. The maximum Gasteiger partial charge on any atom is 0.207 e. The summed E-state index contributed by atoms with van der Waals surface area (Å²) in [4.78, 5) is 27.1. The molecule has 2 aliphatic rings. The van der Waals surface area contributed by atoms with Gasteiger partial charge in [0.2, 0.25) is 11.6 Å². The Hall–Kier alpha value is -3.46. The number of phenols is 3. The second-order valence-corrected chi connectivity index (χ2v) is 13.1. The summed E-state index contributed by atoms with van der Waals surface area (Å²) in [6.07, 6.45) is 11.2. The fraction of sp³-hybridized carbons (Fsp3) is 0.486. The number of allylic oxidation sites excluding steroid dienone is 4. The molecule has 0 bridgehead atoms. The lowest BCUT2D eigenvalue weighted by Crippen LogP contribution is -2.49. The number of rotatable bonds is 9. The first kappa shape index (κ1) is 32.5. The second kappa shape index (κ2) is 11.6. The summed E-state index contributed by atoms with van der Waals surface area (Å²) in [7, 11) is 0. The van der Waals surface area contributed by atoms with Gasteiger partial charge in [-0.05, 0) is 92.2 Å². The molecule has 0 amide bonds. The number of aromatic hydroxyl groups is 3. The van der Waals surface area contributed by atoms with E-state index in [4.69, 9.17) is 4.74 Å². The Balaban J connectivity index is 1.44. The standard InChI is InChI=1S/C35H44O8/c1-19(12-9-15-34(7)16-14-24(43-34)33(5,6)41)10-8-11-20(2)13-17-35(42)31(39)26-23(36)18-21(3)25-27(26)28(32(35)40)30(38)22(4)29(25)37/h9-10,13,15,18,24,36-38,41-42H,8,11-12,14,16-17H2,1-7H3/b15-9+,19-10+,20-13+. The van der Waals surface area contributed by atoms with Gasteiger partial charge < -0.3 is 30.3 Å². The molecule has 4 rings (SSSR count). The number of benzene rings is 2. The number of hydrogen-bond acceptors (Lipinski definition) is 8. The van der Waals surface area contributed by atoms with E-state index in [-0.39, 0.29) is 45.7 Å². The average Bonchev–Trinajstić information content (AvgIpc) is 3.32. The summed E-state index contributed by atoms with van der Waals surface area (Å²) in [6.45, 7) is 12.5. The second-order valence-electron chi connectivity index (χ2n) is 13.1. The minimum atomic E-state index is -2.51. The van der Waals surface area contributed by atoms with Gasteiger partial charge in [0.15, 0.2) is 5.60 Å². The zero-order valence-electron chi connectivity index (χ0n) is 26.2. The van der Waals surface area contributed by atoms with Crippen LogP contribution in [0, 0.1) is 13.8 Å². The fourth-order valence-corrected chi connectivity index (χ4v) is 6.14. The van der Waals surface area contributed by atoms with Gasteiger partial charge in [0.05, 0.1) is 28.4 Å². The summed E-state index contributed by atoms with van der Waals surface area (Å²) in [5.41, 5.74) is -1.80. The predicted molar refractivity (Wildman–Crippen MR) is 166 cm³/mol. The lowest BCUT2D eigenvalue weighted by molar-refractivity contribution is -0.0999. The summed E-state index contributed by atoms with van der Waals surface area (Å²) in [6, 6.07) is 1.31. The Labute approximate surface area is 253 Å². The zero-order chi connectivity index (χ0) is 32.1. The van der Waals surface area contributed by atoms with Crippen LogP contribution in [0.25, 0.3) is 10.8 Å². The monoisotopic (exact) mass is 592 g/mol. The van der Waals surface area contributed by atoms with Crippen molar-refractivity contribution in [1.29, 1.82) is 0 Å². The third-order valence-electron chi connectivity index (χ3n) is 8.93. The molecule has 2 aromatic rings. The molecule has 1 aliphatic heterocycles. The van der Waals surface area contributed by atoms with Gasteiger partial charge in [-0.2, -0.15) is 0 Å². The van der Waals surface area contributed by atoms with Crippen molar-refractivity contribution in [3.05, 3.63) is 63.8 Å². The van der Waals surface area contributed by atoms with E-state index in [9.17, 15) is 35.1 Å². The van der Waals surface area contributed by atoms with E-state index < -0.39 is 39.9 Å².